The summed E-state index contributed by atoms with van der Waals surface area (Å²) < 4.78 is 15.3. The number of rotatable bonds is 4. The largest absolute Gasteiger partial charge is 0.385 e. The van der Waals surface area contributed by atoms with Gasteiger partial charge in [0.15, 0.2) is 0 Å². The molecule has 1 aliphatic carbocycles. The molecule has 4 rings (SSSR count). The Balaban J connectivity index is 1.54. The summed E-state index contributed by atoms with van der Waals surface area (Å²) in [5.41, 5.74) is 2.39. The monoisotopic (exact) mass is 357 g/mol. The highest BCUT2D eigenvalue weighted by atomic mass is 19.1. The van der Waals surface area contributed by atoms with E-state index in [4.69, 9.17) is 0 Å². The smallest absolute Gasteiger partial charge is 0.123 e. The fraction of sp³-hybridized carbons (Fsp3) is 0.571. The molecule has 1 aliphatic heterocycles. The summed E-state index contributed by atoms with van der Waals surface area (Å²) in [4.78, 5) is 2.46. The summed E-state index contributed by atoms with van der Waals surface area (Å²) in [6.07, 6.45) is 5.09. The van der Waals surface area contributed by atoms with Gasteiger partial charge in [-0.1, -0.05) is 12.1 Å². The van der Waals surface area contributed by atoms with Crippen molar-refractivity contribution in [3.63, 3.8) is 0 Å². The van der Waals surface area contributed by atoms with E-state index in [9.17, 15) is 9.50 Å². The van der Waals surface area contributed by atoms with Gasteiger partial charge in [0.2, 0.25) is 0 Å². The van der Waals surface area contributed by atoms with E-state index in [0.29, 0.717) is 5.92 Å². The Labute approximate surface area is 154 Å². The van der Waals surface area contributed by atoms with Gasteiger partial charge in [0.25, 0.3) is 0 Å². The maximum atomic E-state index is 13.3. The fourth-order valence-electron chi connectivity index (χ4n) is 4.96. The second-order valence-corrected chi connectivity index (χ2v) is 7.98. The number of halogens is 1. The van der Waals surface area contributed by atoms with Crippen molar-refractivity contribution in [3.8, 4) is 0 Å². The first-order chi connectivity index (χ1) is 12.5. The van der Waals surface area contributed by atoms with Gasteiger partial charge in [0.1, 0.15) is 5.82 Å². The minimum atomic E-state index is -0.839. The van der Waals surface area contributed by atoms with Gasteiger partial charge in [-0.2, -0.15) is 5.10 Å². The van der Waals surface area contributed by atoms with Gasteiger partial charge in [-0.3, -0.25) is 9.58 Å². The zero-order chi connectivity index (χ0) is 18.3. The van der Waals surface area contributed by atoms with Gasteiger partial charge in [0, 0.05) is 43.9 Å². The number of aliphatic hydroxyl groups is 1. The Morgan fingerprint density at radius 3 is 2.73 bits per heavy atom. The highest BCUT2D eigenvalue weighted by molar-refractivity contribution is 5.26. The van der Waals surface area contributed by atoms with Crippen LogP contribution in [0.1, 0.15) is 43.0 Å². The third kappa shape index (κ3) is 3.08. The lowest BCUT2D eigenvalue weighted by atomic mass is 9.67. The third-order valence-corrected chi connectivity index (χ3v) is 6.37. The highest BCUT2D eigenvalue weighted by Crippen LogP contribution is 2.48. The fourth-order valence-corrected chi connectivity index (χ4v) is 4.96. The van der Waals surface area contributed by atoms with E-state index in [1.165, 1.54) is 17.7 Å². The van der Waals surface area contributed by atoms with E-state index >= 15 is 0 Å². The van der Waals surface area contributed by atoms with E-state index < -0.39 is 5.60 Å². The SMILES string of the molecule is CCn1cc(CN2C[C@@H]3CCC[C@](O)(c4ccc(F)cc4)[C@@H]3C2)c(C)n1. The maximum Gasteiger partial charge on any atom is 0.123 e. The van der Waals surface area contributed by atoms with Crippen LogP contribution < -0.4 is 0 Å². The predicted molar refractivity (Wildman–Crippen MR) is 99.0 cm³/mol. The lowest BCUT2D eigenvalue weighted by Crippen LogP contribution is -2.42. The number of hydrogen-bond donors (Lipinski definition) is 1. The average molecular weight is 357 g/mol. The molecule has 5 heteroatoms. The second kappa shape index (κ2) is 6.78. The molecule has 3 atom stereocenters. The second-order valence-electron chi connectivity index (χ2n) is 7.98. The number of likely N-dealkylation sites (tertiary alicyclic amines) is 1. The topological polar surface area (TPSA) is 41.3 Å². The zero-order valence-electron chi connectivity index (χ0n) is 15.7. The van der Waals surface area contributed by atoms with Crippen LogP contribution in [0, 0.1) is 24.6 Å². The van der Waals surface area contributed by atoms with Crippen LogP contribution in [0.4, 0.5) is 4.39 Å². The molecule has 1 aromatic carbocycles. The number of aromatic nitrogens is 2. The summed E-state index contributed by atoms with van der Waals surface area (Å²) in [5, 5.41) is 16.1. The van der Waals surface area contributed by atoms with Crippen LogP contribution >= 0.6 is 0 Å². The number of aryl methyl sites for hydroxylation is 2. The van der Waals surface area contributed by atoms with Crippen LogP contribution in [0.3, 0.4) is 0 Å². The first-order valence-corrected chi connectivity index (χ1v) is 9.73. The molecule has 0 amide bonds. The van der Waals surface area contributed by atoms with Crippen molar-refractivity contribution < 1.29 is 9.50 Å². The van der Waals surface area contributed by atoms with Gasteiger partial charge in [0.05, 0.1) is 11.3 Å². The molecule has 26 heavy (non-hydrogen) atoms. The van der Waals surface area contributed by atoms with Crippen molar-refractivity contribution >= 4 is 0 Å². The Hall–Kier alpha value is -1.72. The molecule has 2 fully saturated rings. The summed E-state index contributed by atoms with van der Waals surface area (Å²) in [6, 6.07) is 6.45. The van der Waals surface area contributed by atoms with Gasteiger partial charge in [-0.15, -0.1) is 0 Å². The maximum absolute atomic E-state index is 13.3. The van der Waals surface area contributed by atoms with Gasteiger partial charge < -0.3 is 5.11 Å². The quantitative estimate of drug-likeness (QED) is 0.911. The molecular weight excluding hydrogens is 329 g/mol. The highest BCUT2D eigenvalue weighted by Gasteiger charge is 2.49. The Morgan fingerprint density at radius 2 is 2.04 bits per heavy atom. The molecule has 1 saturated heterocycles. The summed E-state index contributed by atoms with van der Waals surface area (Å²) in [5.74, 6) is 0.463. The normalized spacial score (nSPS) is 29.1. The van der Waals surface area contributed by atoms with Crippen LogP contribution in [-0.2, 0) is 18.7 Å². The van der Waals surface area contributed by atoms with E-state index in [1.807, 2.05) is 4.68 Å². The van der Waals surface area contributed by atoms with Crippen LogP contribution in [0.5, 0.6) is 0 Å². The van der Waals surface area contributed by atoms with Crippen molar-refractivity contribution in [2.75, 3.05) is 13.1 Å². The molecule has 0 unspecified atom stereocenters. The van der Waals surface area contributed by atoms with E-state index in [2.05, 4.69) is 30.0 Å². The van der Waals surface area contributed by atoms with E-state index in [1.54, 1.807) is 12.1 Å². The molecule has 0 bridgehead atoms. The number of hydrogen-bond acceptors (Lipinski definition) is 3. The molecule has 1 N–H and O–H groups in total. The Kier molecular flexibility index (Phi) is 4.61. The third-order valence-electron chi connectivity index (χ3n) is 6.37. The lowest BCUT2D eigenvalue weighted by molar-refractivity contribution is -0.0648. The van der Waals surface area contributed by atoms with Crippen molar-refractivity contribution in [2.45, 2.75) is 51.8 Å². The zero-order valence-corrected chi connectivity index (χ0v) is 15.7. The summed E-state index contributed by atoms with van der Waals surface area (Å²) >= 11 is 0. The molecule has 0 radical (unpaired) electrons. The first-order valence-electron chi connectivity index (χ1n) is 9.73. The average Bonchev–Trinajstić information content (AvgIpc) is 3.20. The molecule has 4 nitrogen and oxygen atoms in total. The number of benzene rings is 1. The molecule has 1 saturated carbocycles. The summed E-state index contributed by atoms with van der Waals surface area (Å²) in [7, 11) is 0. The van der Waals surface area contributed by atoms with Crippen molar-refractivity contribution in [1.29, 1.82) is 0 Å². The van der Waals surface area contributed by atoms with E-state index in [0.717, 1.165) is 56.7 Å². The van der Waals surface area contributed by atoms with Gasteiger partial charge in [-0.05, 0) is 56.7 Å². The summed E-state index contributed by atoms with van der Waals surface area (Å²) in [6.45, 7) is 7.85. The van der Waals surface area contributed by atoms with Crippen LogP contribution in [0.25, 0.3) is 0 Å². The van der Waals surface area contributed by atoms with Gasteiger partial charge in [-0.25, -0.2) is 4.39 Å². The van der Waals surface area contributed by atoms with Crippen LogP contribution in [0.15, 0.2) is 30.5 Å². The van der Waals surface area contributed by atoms with Gasteiger partial charge >= 0.3 is 0 Å². The molecular formula is C21H28FN3O. The van der Waals surface area contributed by atoms with Crippen molar-refractivity contribution in [3.05, 3.63) is 53.1 Å². The molecule has 2 heterocycles. The lowest BCUT2D eigenvalue weighted by Gasteiger charge is -2.41. The first kappa shape index (κ1) is 17.7. The van der Waals surface area contributed by atoms with Crippen molar-refractivity contribution in [2.24, 2.45) is 11.8 Å². The number of fused-ring (bicyclic) bond motifs is 1. The molecule has 1 aromatic heterocycles. The molecule has 2 aromatic rings. The molecule has 140 valence electrons. The minimum absolute atomic E-state index is 0.211. The standard InChI is InChI=1S/C21H28FN3O/c1-3-25-13-17(15(2)23-25)12-24-11-16-5-4-10-21(26,20(16)14-24)18-6-8-19(22)9-7-18/h6-9,13,16,20,26H,3-5,10-12,14H2,1-2H3/t16-,20+,21-/m0/s1. The Bertz CT molecular complexity index is 772. The predicted octanol–water partition coefficient (Wildman–Crippen LogP) is 3.47. The van der Waals surface area contributed by atoms with Crippen LogP contribution in [-0.4, -0.2) is 32.9 Å². The number of nitrogens with zero attached hydrogens (tertiary/aromatic N) is 3. The molecule has 2 aliphatic rings. The van der Waals surface area contributed by atoms with Crippen LogP contribution in [0.2, 0.25) is 0 Å². The van der Waals surface area contributed by atoms with E-state index in [-0.39, 0.29) is 11.7 Å². The Morgan fingerprint density at radius 1 is 1.27 bits per heavy atom. The molecule has 0 spiro atoms. The van der Waals surface area contributed by atoms with Crippen molar-refractivity contribution in [1.82, 2.24) is 14.7 Å². The minimum Gasteiger partial charge on any atom is -0.385 e.